The number of rotatable bonds is 5. The van der Waals surface area contributed by atoms with E-state index < -0.39 is 0 Å². The highest BCUT2D eigenvalue weighted by Crippen LogP contribution is 2.32. The Balaban J connectivity index is 1.64. The molecule has 0 amide bonds. The molecule has 0 N–H and O–H groups in total. The first-order valence-corrected chi connectivity index (χ1v) is 6.98. The quantitative estimate of drug-likeness (QED) is 0.820. The van der Waals surface area contributed by atoms with Crippen LogP contribution in [0, 0.1) is 5.92 Å². The van der Waals surface area contributed by atoms with Crippen molar-refractivity contribution in [1.82, 2.24) is 15.0 Å². The Labute approximate surface area is 112 Å². The predicted octanol–water partition coefficient (Wildman–Crippen LogP) is 2.30. The van der Waals surface area contributed by atoms with Crippen molar-refractivity contribution >= 4 is 17.5 Å². The monoisotopic (exact) mass is 268 g/mol. The van der Waals surface area contributed by atoms with Crippen molar-refractivity contribution in [2.24, 2.45) is 5.92 Å². The zero-order valence-corrected chi connectivity index (χ0v) is 11.1. The molecule has 0 bridgehead atoms. The number of nitrogens with zero attached hydrogens (tertiary/aromatic N) is 4. The van der Waals surface area contributed by atoms with Crippen molar-refractivity contribution in [3.63, 3.8) is 0 Å². The van der Waals surface area contributed by atoms with Crippen LogP contribution in [0.25, 0.3) is 0 Å². The van der Waals surface area contributed by atoms with Crippen LogP contribution in [-0.4, -0.2) is 34.6 Å². The lowest BCUT2D eigenvalue weighted by molar-refractivity contribution is 0.278. The Bertz CT molecular complexity index is 419. The van der Waals surface area contributed by atoms with Crippen LogP contribution in [0.4, 0.5) is 5.95 Å². The molecular weight excluding hydrogens is 252 g/mol. The van der Waals surface area contributed by atoms with Crippen LogP contribution >= 0.6 is 11.6 Å². The van der Waals surface area contributed by atoms with Crippen molar-refractivity contribution in [3.05, 3.63) is 5.28 Å². The van der Waals surface area contributed by atoms with Crippen molar-refractivity contribution in [3.8, 4) is 6.01 Å². The van der Waals surface area contributed by atoms with Crippen LogP contribution < -0.4 is 9.64 Å². The van der Waals surface area contributed by atoms with Gasteiger partial charge >= 0.3 is 6.01 Å². The normalized spacial score (nSPS) is 19.3. The van der Waals surface area contributed by atoms with E-state index in [9.17, 15) is 0 Å². The van der Waals surface area contributed by atoms with E-state index in [-0.39, 0.29) is 5.28 Å². The van der Waals surface area contributed by atoms with Crippen LogP contribution in [0.5, 0.6) is 6.01 Å². The van der Waals surface area contributed by atoms with Gasteiger partial charge in [-0.3, -0.25) is 0 Å². The molecule has 0 radical (unpaired) electrons. The molecule has 1 saturated carbocycles. The van der Waals surface area contributed by atoms with E-state index in [2.05, 4.69) is 19.9 Å². The lowest BCUT2D eigenvalue weighted by atomic mass is 10.3. The molecule has 0 atom stereocenters. The van der Waals surface area contributed by atoms with Gasteiger partial charge in [0.15, 0.2) is 0 Å². The van der Waals surface area contributed by atoms with Crippen LogP contribution in [0.1, 0.15) is 32.1 Å². The van der Waals surface area contributed by atoms with E-state index in [1.165, 1.54) is 25.7 Å². The SMILES string of the molecule is Clc1nc(OCCC2CC2)nc(N2CCCC2)n1. The molecule has 2 aliphatic rings. The van der Waals surface area contributed by atoms with E-state index in [1.807, 2.05) is 0 Å². The molecule has 3 rings (SSSR count). The summed E-state index contributed by atoms with van der Waals surface area (Å²) in [6.45, 7) is 2.65. The summed E-state index contributed by atoms with van der Waals surface area (Å²) in [7, 11) is 0. The molecular formula is C12H17ClN4O. The Kier molecular flexibility index (Phi) is 3.50. The van der Waals surface area contributed by atoms with Crippen molar-refractivity contribution in [2.75, 3.05) is 24.6 Å². The van der Waals surface area contributed by atoms with E-state index in [1.54, 1.807) is 0 Å². The van der Waals surface area contributed by atoms with Gasteiger partial charge in [0.05, 0.1) is 6.61 Å². The molecule has 0 spiro atoms. The van der Waals surface area contributed by atoms with E-state index in [0.717, 1.165) is 25.4 Å². The third-order valence-electron chi connectivity index (χ3n) is 3.42. The van der Waals surface area contributed by atoms with Gasteiger partial charge in [-0.1, -0.05) is 12.8 Å². The molecule has 18 heavy (non-hydrogen) atoms. The molecule has 2 heterocycles. The average Bonchev–Trinajstić information content (AvgIpc) is 3.01. The van der Waals surface area contributed by atoms with Gasteiger partial charge in [-0.05, 0) is 36.8 Å². The van der Waals surface area contributed by atoms with Gasteiger partial charge in [0, 0.05) is 13.1 Å². The molecule has 1 aromatic heterocycles. The predicted molar refractivity (Wildman–Crippen MR) is 69.1 cm³/mol. The van der Waals surface area contributed by atoms with E-state index in [4.69, 9.17) is 16.3 Å². The first-order chi connectivity index (χ1) is 8.81. The second kappa shape index (κ2) is 5.26. The lowest BCUT2D eigenvalue weighted by Gasteiger charge is -2.15. The summed E-state index contributed by atoms with van der Waals surface area (Å²) in [6, 6.07) is 0.359. The first-order valence-electron chi connectivity index (χ1n) is 6.60. The van der Waals surface area contributed by atoms with Crippen LogP contribution in [0.2, 0.25) is 5.28 Å². The molecule has 0 aromatic carbocycles. The van der Waals surface area contributed by atoms with Gasteiger partial charge in [-0.2, -0.15) is 15.0 Å². The maximum Gasteiger partial charge on any atom is 0.322 e. The molecule has 0 unspecified atom stereocenters. The molecule has 1 saturated heterocycles. The fourth-order valence-electron chi connectivity index (χ4n) is 2.17. The zero-order valence-electron chi connectivity index (χ0n) is 10.3. The number of aromatic nitrogens is 3. The average molecular weight is 269 g/mol. The lowest BCUT2D eigenvalue weighted by Crippen LogP contribution is -2.21. The van der Waals surface area contributed by atoms with Gasteiger partial charge in [-0.15, -0.1) is 0 Å². The van der Waals surface area contributed by atoms with Crippen LogP contribution in [-0.2, 0) is 0 Å². The maximum absolute atomic E-state index is 5.91. The van der Waals surface area contributed by atoms with Crippen molar-refractivity contribution < 1.29 is 4.74 Å². The van der Waals surface area contributed by atoms with Gasteiger partial charge in [-0.25, -0.2) is 0 Å². The van der Waals surface area contributed by atoms with Crippen LogP contribution in [0.3, 0.4) is 0 Å². The maximum atomic E-state index is 5.91. The molecule has 1 aliphatic carbocycles. The third kappa shape index (κ3) is 3.02. The first kappa shape index (κ1) is 12.0. The summed E-state index contributed by atoms with van der Waals surface area (Å²) in [5.41, 5.74) is 0. The summed E-state index contributed by atoms with van der Waals surface area (Å²) in [5, 5.41) is 0.216. The minimum atomic E-state index is 0.216. The van der Waals surface area contributed by atoms with Gasteiger partial charge in [0.1, 0.15) is 0 Å². The number of ether oxygens (including phenoxy) is 1. The smallest absolute Gasteiger partial charge is 0.322 e. The molecule has 1 aliphatic heterocycles. The number of hydrogen-bond acceptors (Lipinski definition) is 5. The van der Waals surface area contributed by atoms with E-state index in [0.29, 0.717) is 18.6 Å². The Morgan fingerprint density at radius 1 is 1.17 bits per heavy atom. The molecule has 98 valence electrons. The highest BCUT2D eigenvalue weighted by Gasteiger charge is 2.21. The molecule has 5 nitrogen and oxygen atoms in total. The summed E-state index contributed by atoms with van der Waals surface area (Å²) < 4.78 is 5.56. The summed E-state index contributed by atoms with van der Waals surface area (Å²) in [5.74, 6) is 1.49. The molecule has 2 fully saturated rings. The number of hydrogen-bond donors (Lipinski definition) is 0. The Hall–Kier alpha value is -1.10. The topological polar surface area (TPSA) is 51.1 Å². The Morgan fingerprint density at radius 3 is 2.67 bits per heavy atom. The largest absolute Gasteiger partial charge is 0.463 e. The molecule has 1 aromatic rings. The number of halogens is 1. The summed E-state index contributed by atoms with van der Waals surface area (Å²) >= 11 is 5.91. The third-order valence-corrected chi connectivity index (χ3v) is 3.59. The fourth-order valence-corrected chi connectivity index (χ4v) is 2.32. The van der Waals surface area contributed by atoms with Gasteiger partial charge in [0.2, 0.25) is 11.2 Å². The standard InChI is InChI=1S/C12H17ClN4O/c13-10-14-11(17-6-1-2-7-17)16-12(15-10)18-8-5-9-3-4-9/h9H,1-8H2. The molecule has 6 heteroatoms. The summed E-state index contributed by atoms with van der Waals surface area (Å²) in [6.07, 6.45) is 6.12. The second-order valence-corrected chi connectivity index (χ2v) is 5.30. The van der Waals surface area contributed by atoms with Gasteiger partial charge < -0.3 is 9.64 Å². The fraction of sp³-hybridized carbons (Fsp3) is 0.750. The highest BCUT2D eigenvalue weighted by molar-refractivity contribution is 6.28. The van der Waals surface area contributed by atoms with Gasteiger partial charge in [0.25, 0.3) is 0 Å². The van der Waals surface area contributed by atoms with Crippen molar-refractivity contribution in [2.45, 2.75) is 32.1 Å². The summed E-state index contributed by atoms with van der Waals surface area (Å²) in [4.78, 5) is 14.6. The van der Waals surface area contributed by atoms with Crippen LogP contribution in [0.15, 0.2) is 0 Å². The number of anilines is 1. The Morgan fingerprint density at radius 2 is 1.94 bits per heavy atom. The second-order valence-electron chi connectivity index (χ2n) is 4.96. The van der Waals surface area contributed by atoms with E-state index >= 15 is 0 Å². The minimum Gasteiger partial charge on any atom is -0.463 e. The minimum absolute atomic E-state index is 0.216. The van der Waals surface area contributed by atoms with Crippen molar-refractivity contribution in [1.29, 1.82) is 0 Å². The zero-order chi connectivity index (χ0) is 12.4. The highest BCUT2D eigenvalue weighted by atomic mass is 35.5.